The molecule has 1 aliphatic carbocycles. The van der Waals surface area contributed by atoms with E-state index in [1.807, 2.05) is 12.3 Å². The van der Waals surface area contributed by atoms with Crippen molar-refractivity contribution in [2.24, 2.45) is 5.92 Å². The number of carbonyl (C=O) groups excluding carboxylic acids is 1. The SMILES string of the molecule is O=C(NC(CN1CCN(c2cccc3[nH]ccc23)CC1)c1ccccc1)C1CCCCC1. The third-order valence-electron chi connectivity index (χ3n) is 7.22. The van der Waals surface area contributed by atoms with Gasteiger partial charge < -0.3 is 15.2 Å². The number of amides is 1. The van der Waals surface area contributed by atoms with Crippen molar-refractivity contribution in [3.8, 4) is 0 Å². The second-order valence-electron chi connectivity index (χ2n) is 9.31. The summed E-state index contributed by atoms with van der Waals surface area (Å²) >= 11 is 0. The predicted octanol–water partition coefficient (Wildman–Crippen LogP) is 4.73. The van der Waals surface area contributed by atoms with Gasteiger partial charge in [0.1, 0.15) is 0 Å². The summed E-state index contributed by atoms with van der Waals surface area (Å²) in [6.07, 6.45) is 7.73. The van der Waals surface area contributed by atoms with Crippen LogP contribution in [-0.2, 0) is 4.79 Å². The first-order chi connectivity index (χ1) is 15.8. The van der Waals surface area contributed by atoms with Gasteiger partial charge in [-0.15, -0.1) is 0 Å². The summed E-state index contributed by atoms with van der Waals surface area (Å²) in [5.41, 5.74) is 3.71. The molecule has 1 unspecified atom stereocenters. The van der Waals surface area contributed by atoms with Crippen LogP contribution in [0.3, 0.4) is 0 Å². The Morgan fingerprint density at radius 2 is 1.72 bits per heavy atom. The predicted molar refractivity (Wildman–Crippen MR) is 131 cm³/mol. The third-order valence-corrected chi connectivity index (χ3v) is 7.22. The lowest BCUT2D eigenvalue weighted by Gasteiger charge is -2.38. The summed E-state index contributed by atoms with van der Waals surface area (Å²) in [5.74, 6) is 0.435. The van der Waals surface area contributed by atoms with Crippen LogP contribution in [0.2, 0.25) is 0 Å². The maximum absolute atomic E-state index is 13.0. The molecule has 0 spiro atoms. The van der Waals surface area contributed by atoms with Crippen LogP contribution < -0.4 is 10.2 Å². The van der Waals surface area contributed by atoms with E-state index in [4.69, 9.17) is 0 Å². The van der Waals surface area contributed by atoms with Gasteiger partial charge in [0.25, 0.3) is 0 Å². The summed E-state index contributed by atoms with van der Waals surface area (Å²) in [6.45, 7) is 4.88. The van der Waals surface area contributed by atoms with Crippen molar-refractivity contribution in [1.29, 1.82) is 0 Å². The molecule has 1 aromatic heterocycles. The lowest BCUT2D eigenvalue weighted by atomic mass is 9.88. The number of hydrogen-bond acceptors (Lipinski definition) is 3. The van der Waals surface area contributed by atoms with Crippen LogP contribution in [0.5, 0.6) is 0 Å². The van der Waals surface area contributed by atoms with Crippen molar-refractivity contribution in [3.63, 3.8) is 0 Å². The van der Waals surface area contributed by atoms with Gasteiger partial charge in [-0.2, -0.15) is 0 Å². The number of fused-ring (bicyclic) bond motifs is 1. The molecule has 3 aromatic rings. The van der Waals surface area contributed by atoms with Crippen LogP contribution in [0, 0.1) is 5.92 Å². The van der Waals surface area contributed by atoms with E-state index in [1.54, 1.807) is 0 Å². The third kappa shape index (κ3) is 4.68. The first kappa shape index (κ1) is 21.1. The number of aromatic amines is 1. The van der Waals surface area contributed by atoms with Crippen molar-refractivity contribution in [1.82, 2.24) is 15.2 Å². The molecule has 2 heterocycles. The first-order valence-corrected chi connectivity index (χ1v) is 12.2. The molecule has 5 heteroatoms. The van der Waals surface area contributed by atoms with Gasteiger partial charge in [0.2, 0.25) is 5.91 Å². The Kier molecular flexibility index (Phi) is 6.44. The van der Waals surface area contributed by atoms with E-state index in [1.165, 1.54) is 41.4 Å². The molecular weight excluding hydrogens is 396 g/mol. The number of carbonyl (C=O) groups is 1. The Balaban J connectivity index is 1.24. The summed E-state index contributed by atoms with van der Waals surface area (Å²) in [7, 11) is 0. The van der Waals surface area contributed by atoms with Crippen molar-refractivity contribution >= 4 is 22.5 Å². The Morgan fingerprint density at radius 3 is 2.50 bits per heavy atom. The van der Waals surface area contributed by atoms with Gasteiger partial charge in [0, 0.05) is 61.4 Å². The summed E-state index contributed by atoms with van der Waals surface area (Å²) in [4.78, 5) is 21.3. The van der Waals surface area contributed by atoms with Gasteiger partial charge >= 0.3 is 0 Å². The molecule has 1 atom stereocenters. The van der Waals surface area contributed by atoms with E-state index in [2.05, 4.69) is 68.6 Å². The molecular formula is C27H34N4O. The highest BCUT2D eigenvalue weighted by Gasteiger charge is 2.27. The number of piperazine rings is 1. The number of aromatic nitrogens is 1. The van der Waals surface area contributed by atoms with Gasteiger partial charge in [0.05, 0.1) is 6.04 Å². The van der Waals surface area contributed by atoms with Crippen molar-refractivity contribution in [3.05, 3.63) is 66.4 Å². The standard InChI is InChI=1S/C27H34N4O/c32-27(22-10-5-2-6-11-22)29-25(21-8-3-1-4-9-21)20-30-16-18-31(19-17-30)26-13-7-12-24-23(26)14-15-28-24/h1,3-4,7-9,12-15,22,25,28H,2,5-6,10-11,16-20H2,(H,29,32). The van der Waals surface area contributed by atoms with Gasteiger partial charge in [-0.25, -0.2) is 0 Å². The van der Waals surface area contributed by atoms with Gasteiger partial charge in [-0.1, -0.05) is 55.7 Å². The number of nitrogens with zero attached hydrogens (tertiary/aromatic N) is 2. The van der Waals surface area contributed by atoms with Crippen LogP contribution in [0.4, 0.5) is 5.69 Å². The van der Waals surface area contributed by atoms with Gasteiger partial charge in [0.15, 0.2) is 0 Å². The molecule has 5 rings (SSSR count). The molecule has 2 aliphatic rings. The number of anilines is 1. The fraction of sp³-hybridized carbons (Fsp3) is 0.444. The lowest BCUT2D eigenvalue weighted by Crippen LogP contribution is -2.49. The molecule has 1 amide bonds. The van der Waals surface area contributed by atoms with E-state index >= 15 is 0 Å². The largest absolute Gasteiger partial charge is 0.368 e. The van der Waals surface area contributed by atoms with Crippen molar-refractivity contribution in [2.75, 3.05) is 37.6 Å². The average Bonchev–Trinajstić information content (AvgIpc) is 3.34. The Labute approximate surface area is 190 Å². The monoisotopic (exact) mass is 430 g/mol. The van der Waals surface area contributed by atoms with Gasteiger partial charge in [-0.3, -0.25) is 9.69 Å². The molecule has 1 saturated heterocycles. The average molecular weight is 431 g/mol. The van der Waals surface area contributed by atoms with Crippen LogP contribution in [0.25, 0.3) is 10.9 Å². The van der Waals surface area contributed by atoms with Crippen LogP contribution in [0.1, 0.15) is 43.7 Å². The quantitative estimate of drug-likeness (QED) is 0.595. The fourth-order valence-corrected chi connectivity index (χ4v) is 5.35. The molecule has 2 aromatic carbocycles. The zero-order valence-electron chi connectivity index (χ0n) is 18.8. The zero-order valence-corrected chi connectivity index (χ0v) is 18.8. The highest BCUT2D eigenvalue weighted by molar-refractivity contribution is 5.92. The molecule has 1 aliphatic heterocycles. The molecule has 2 N–H and O–H groups in total. The molecule has 5 nitrogen and oxygen atoms in total. The summed E-state index contributed by atoms with van der Waals surface area (Å²) in [5, 5.41) is 4.71. The summed E-state index contributed by atoms with van der Waals surface area (Å²) < 4.78 is 0. The minimum absolute atomic E-state index is 0.0466. The number of hydrogen-bond donors (Lipinski definition) is 2. The Morgan fingerprint density at radius 1 is 0.938 bits per heavy atom. The topological polar surface area (TPSA) is 51.4 Å². The number of rotatable bonds is 6. The molecule has 2 fully saturated rings. The Hall–Kier alpha value is -2.79. The van der Waals surface area contributed by atoms with Crippen LogP contribution in [-0.4, -0.2) is 48.5 Å². The second kappa shape index (κ2) is 9.78. The highest BCUT2D eigenvalue weighted by atomic mass is 16.1. The highest BCUT2D eigenvalue weighted by Crippen LogP contribution is 2.28. The minimum Gasteiger partial charge on any atom is -0.368 e. The lowest BCUT2D eigenvalue weighted by molar-refractivity contribution is -0.126. The maximum Gasteiger partial charge on any atom is 0.223 e. The number of benzene rings is 2. The number of H-pyrrole nitrogens is 1. The zero-order chi connectivity index (χ0) is 21.8. The molecule has 0 bridgehead atoms. The van der Waals surface area contributed by atoms with Crippen LogP contribution in [0.15, 0.2) is 60.8 Å². The van der Waals surface area contributed by atoms with Crippen molar-refractivity contribution in [2.45, 2.75) is 38.1 Å². The Bertz CT molecular complexity index is 1020. The van der Waals surface area contributed by atoms with Crippen LogP contribution >= 0.6 is 0 Å². The van der Waals surface area contributed by atoms with E-state index in [9.17, 15) is 4.79 Å². The smallest absolute Gasteiger partial charge is 0.223 e. The van der Waals surface area contributed by atoms with Gasteiger partial charge in [-0.05, 0) is 36.6 Å². The van der Waals surface area contributed by atoms with E-state index in [0.29, 0.717) is 0 Å². The van der Waals surface area contributed by atoms with E-state index in [-0.39, 0.29) is 17.9 Å². The minimum atomic E-state index is 0.0466. The van der Waals surface area contributed by atoms with Crippen molar-refractivity contribution < 1.29 is 4.79 Å². The first-order valence-electron chi connectivity index (χ1n) is 12.2. The maximum atomic E-state index is 13.0. The fourth-order valence-electron chi connectivity index (χ4n) is 5.35. The normalized spacial score (nSPS) is 19.2. The summed E-state index contributed by atoms with van der Waals surface area (Å²) in [6, 6.07) is 19.2. The molecule has 168 valence electrons. The number of nitrogens with one attached hydrogen (secondary N) is 2. The molecule has 0 radical (unpaired) electrons. The molecule has 1 saturated carbocycles. The second-order valence-corrected chi connectivity index (χ2v) is 9.31. The molecule has 32 heavy (non-hydrogen) atoms. The van der Waals surface area contributed by atoms with E-state index < -0.39 is 0 Å². The van der Waals surface area contributed by atoms with E-state index in [0.717, 1.165) is 45.6 Å².